The molecule has 0 heterocycles. The number of hydrogen-bond donors (Lipinski definition) is 0. The van der Waals surface area contributed by atoms with Crippen LogP contribution in [0.1, 0.15) is 26.7 Å². The molecule has 0 spiro atoms. The van der Waals surface area contributed by atoms with Gasteiger partial charge in [-0.15, -0.1) is 0 Å². The van der Waals surface area contributed by atoms with Gasteiger partial charge in [-0.2, -0.15) is 0 Å². The van der Waals surface area contributed by atoms with Gasteiger partial charge in [-0.1, -0.05) is 78.1 Å². The van der Waals surface area contributed by atoms with E-state index in [4.69, 9.17) is 0 Å². The Morgan fingerprint density at radius 2 is 0.765 bits per heavy atom. The first-order valence-electron chi connectivity index (χ1n) is 6.12. The third-order valence-corrected chi connectivity index (χ3v) is 6.00. The van der Waals surface area contributed by atoms with Crippen molar-refractivity contribution in [3.05, 3.63) is 14.9 Å². The summed E-state index contributed by atoms with van der Waals surface area (Å²) < 4.78 is 0. The van der Waals surface area contributed by atoms with E-state index < -0.39 is 16.1 Å². The van der Waals surface area contributed by atoms with E-state index in [0.717, 1.165) is 0 Å². The number of rotatable bonds is 4. The zero-order chi connectivity index (χ0) is 11.8. The Morgan fingerprint density at radius 3 is 0.765 bits per heavy atom. The summed E-state index contributed by atoms with van der Waals surface area (Å²) in [5, 5.41) is 0. The van der Waals surface area contributed by atoms with Crippen LogP contribution in [0.2, 0.25) is 51.4 Å². The van der Waals surface area contributed by atoms with E-state index >= 15 is 0 Å². The third-order valence-electron chi connectivity index (χ3n) is 2.00. The molecule has 0 atom stereocenters. The second kappa shape index (κ2) is 15.0. The summed E-state index contributed by atoms with van der Waals surface area (Å²) in [5.74, 6) is 0. The smallest absolute Gasteiger partial charge is 0.358 e. The Kier molecular flexibility index (Phi) is 27.2. The molecule has 0 rings (SSSR count). The molecule has 0 N–H and O–H groups in total. The van der Waals surface area contributed by atoms with Gasteiger partial charge in [-0.25, -0.2) is 0 Å². The summed E-state index contributed by atoms with van der Waals surface area (Å²) in [4.78, 5) is 0. The maximum Gasteiger partial charge on any atom is 2.00 e. The molecule has 0 aliphatic carbocycles. The van der Waals surface area contributed by atoms with Crippen LogP contribution in [-0.2, 0) is 17.1 Å². The second-order valence-electron chi connectivity index (χ2n) is 6.62. The molecule has 0 aromatic heterocycles. The van der Waals surface area contributed by atoms with Crippen molar-refractivity contribution < 1.29 is 17.1 Å². The molecular weight excluding hydrogens is 280 g/mol. The molecule has 0 aromatic rings. The molecule has 0 saturated heterocycles. The molecule has 0 radical (unpaired) electrons. The summed E-state index contributed by atoms with van der Waals surface area (Å²) in [6, 6.07) is 2.96. The molecule has 3 heteroatoms. The van der Waals surface area contributed by atoms with Gasteiger partial charge >= 0.3 is 17.1 Å². The molecule has 0 unspecified atom stereocenters. The quantitative estimate of drug-likeness (QED) is 0.417. The van der Waals surface area contributed by atoms with Crippen molar-refractivity contribution in [2.45, 2.75) is 78.1 Å². The van der Waals surface area contributed by atoms with Crippen molar-refractivity contribution in [2.75, 3.05) is 0 Å². The average molecular weight is 318 g/mol. The first kappa shape index (κ1) is 30.8. The Bertz CT molecular complexity index is 107. The van der Waals surface area contributed by atoms with Crippen LogP contribution in [0.3, 0.4) is 0 Å². The van der Waals surface area contributed by atoms with Crippen LogP contribution >= 0.6 is 0 Å². The molecule has 0 aromatic carbocycles. The fraction of sp³-hybridized carbons (Fsp3) is 0.857. The molecule has 0 aliphatic heterocycles. The van der Waals surface area contributed by atoms with Gasteiger partial charge in [0.15, 0.2) is 0 Å². The molecule has 0 amide bonds. The van der Waals surface area contributed by atoms with Crippen molar-refractivity contribution in [1.29, 1.82) is 0 Å². The van der Waals surface area contributed by atoms with Crippen molar-refractivity contribution >= 4 is 16.1 Å². The first-order valence-corrected chi connectivity index (χ1v) is 13.5. The van der Waals surface area contributed by atoms with Gasteiger partial charge in [0.1, 0.15) is 0 Å². The normalized spacial score (nSPS) is 9.88. The largest absolute Gasteiger partial charge is 2.00 e. The minimum atomic E-state index is -0.657. The van der Waals surface area contributed by atoms with E-state index in [1.807, 2.05) is 0 Å². The van der Waals surface area contributed by atoms with Gasteiger partial charge in [0.2, 0.25) is 0 Å². The maximum absolute atomic E-state index is 2.41. The van der Waals surface area contributed by atoms with Crippen LogP contribution in [0.15, 0.2) is 0 Å². The molecule has 110 valence electrons. The Labute approximate surface area is 126 Å². The molecule has 0 saturated carbocycles. The molecule has 17 heavy (non-hydrogen) atoms. The Balaban J connectivity index is -0.0000000480. The predicted octanol–water partition coefficient (Wildman–Crippen LogP) is 6.37. The molecule has 0 fully saturated rings. The summed E-state index contributed by atoms with van der Waals surface area (Å²) >= 11 is 0. The second-order valence-corrected chi connectivity index (χ2v) is 17.9. The molecule has 0 aliphatic rings. The minimum absolute atomic E-state index is 0. The average Bonchev–Trinajstić information content (AvgIpc) is 1.81. The van der Waals surface area contributed by atoms with Gasteiger partial charge in [0.25, 0.3) is 0 Å². The molecular formula is C14H38FeSi2. The predicted molar refractivity (Wildman–Crippen MR) is 89.7 cm³/mol. The maximum atomic E-state index is 2.41. The van der Waals surface area contributed by atoms with E-state index in [9.17, 15) is 0 Å². The topological polar surface area (TPSA) is 0 Å². The van der Waals surface area contributed by atoms with Crippen molar-refractivity contribution in [1.82, 2.24) is 0 Å². The fourth-order valence-corrected chi connectivity index (χ4v) is 4.50. The summed E-state index contributed by atoms with van der Waals surface area (Å²) in [6.45, 7) is 19.0. The van der Waals surface area contributed by atoms with Crippen molar-refractivity contribution in [3.8, 4) is 0 Å². The van der Waals surface area contributed by atoms with Crippen molar-refractivity contribution in [3.63, 3.8) is 0 Å². The van der Waals surface area contributed by atoms with E-state index in [0.29, 0.717) is 0 Å². The van der Waals surface area contributed by atoms with E-state index in [1.165, 1.54) is 24.9 Å². The summed E-state index contributed by atoms with van der Waals surface area (Å²) in [5.41, 5.74) is 0. The molecule has 0 nitrogen and oxygen atoms in total. The standard InChI is InChI=1S/2C6H16Si.2CH3.Fe/c2*1-5-6-7(2,3)4;;;/h2*5-6H2,1-4H3;2*1H3;/q;;2*-1;+2. The van der Waals surface area contributed by atoms with Gasteiger partial charge in [-0.3, -0.25) is 0 Å². The van der Waals surface area contributed by atoms with Gasteiger partial charge in [0.05, 0.1) is 0 Å². The molecule has 0 bridgehead atoms. The van der Waals surface area contributed by atoms with Crippen LogP contribution < -0.4 is 0 Å². The third kappa shape index (κ3) is 47.3. The fourth-order valence-electron chi connectivity index (χ4n) is 1.50. The Morgan fingerprint density at radius 1 is 0.588 bits per heavy atom. The van der Waals surface area contributed by atoms with Gasteiger partial charge in [0, 0.05) is 16.1 Å². The van der Waals surface area contributed by atoms with E-state index in [1.54, 1.807) is 0 Å². The first-order chi connectivity index (χ1) is 6.12. The summed E-state index contributed by atoms with van der Waals surface area (Å²) in [6.07, 6.45) is 2.74. The monoisotopic (exact) mass is 318 g/mol. The van der Waals surface area contributed by atoms with Crippen LogP contribution in [-0.4, -0.2) is 16.1 Å². The SMILES string of the molecule is CCC[Si](C)(C)C.CCC[Si](C)(C)C.[CH3-].[CH3-].[Fe+2]. The van der Waals surface area contributed by atoms with Crippen LogP contribution in [0, 0.1) is 14.9 Å². The Hall–Kier alpha value is 0.953. The van der Waals surface area contributed by atoms with Crippen LogP contribution in [0.5, 0.6) is 0 Å². The minimum Gasteiger partial charge on any atom is -0.358 e. The van der Waals surface area contributed by atoms with Gasteiger partial charge < -0.3 is 14.9 Å². The zero-order valence-electron chi connectivity index (χ0n) is 14.2. The zero-order valence-corrected chi connectivity index (χ0v) is 17.3. The van der Waals surface area contributed by atoms with E-state index in [2.05, 4.69) is 53.1 Å². The van der Waals surface area contributed by atoms with Crippen LogP contribution in [0.25, 0.3) is 0 Å². The van der Waals surface area contributed by atoms with Gasteiger partial charge in [-0.05, 0) is 0 Å². The number of hydrogen-bond acceptors (Lipinski definition) is 0. The summed E-state index contributed by atoms with van der Waals surface area (Å²) in [7, 11) is -1.31. The van der Waals surface area contributed by atoms with E-state index in [-0.39, 0.29) is 31.9 Å². The van der Waals surface area contributed by atoms with Crippen molar-refractivity contribution in [2.24, 2.45) is 0 Å². The van der Waals surface area contributed by atoms with Crippen LogP contribution in [0.4, 0.5) is 0 Å².